The van der Waals surface area contributed by atoms with Gasteiger partial charge in [-0.05, 0) is 42.0 Å². The van der Waals surface area contributed by atoms with E-state index in [1.165, 1.54) is 30.3 Å². The highest BCUT2D eigenvalue weighted by atomic mass is 19.1. The fraction of sp³-hybridized carbons (Fsp3) is 0.0714. The van der Waals surface area contributed by atoms with Crippen LogP contribution >= 0.6 is 0 Å². The molecule has 0 saturated carbocycles. The van der Waals surface area contributed by atoms with Gasteiger partial charge < -0.3 is 10.4 Å². The van der Waals surface area contributed by atoms with E-state index in [-0.39, 0.29) is 23.9 Å². The first-order valence-electron chi connectivity index (χ1n) is 5.47. The van der Waals surface area contributed by atoms with E-state index in [1.807, 2.05) is 0 Å². The lowest BCUT2D eigenvalue weighted by molar-refractivity contribution is -0.115. The number of rotatable bonds is 3. The van der Waals surface area contributed by atoms with Crippen molar-refractivity contribution in [1.29, 1.82) is 0 Å². The molecule has 3 nitrogen and oxygen atoms in total. The first-order valence-corrected chi connectivity index (χ1v) is 5.47. The number of phenols is 1. The normalized spacial score (nSPS) is 10.1. The van der Waals surface area contributed by atoms with Crippen molar-refractivity contribution in [3.63, 3.8) is 0 Å². The third kappa shape index (κ3) is 3.31. The van der Waals surface area contributed by atoms with Crippen LogP contribution in [0.2, 0.25) is 0 Å². The monoisotopic (exact) mass is 245 g/mol. The maximum atomic E-state index is 12.7. The Kier molecular flexibility index (Phi) is 3.57. The number of amides is 1. The summed E-state index contributed by atoms with van der Waals surface area (Å²) in [4.78, 5) is 11.7. The summed E-state index contributed by atoms with van der Waals surface area (Å²) < 4.78 is 12.7. The van der Waals surface area contributed by atoms with Gasteiger partial charge in [0.2, 0.25) is 5.91 Å². The molecule has 0 aliphatic carbocycles. The molecule has 1 amide bonds. The molecule has 0 unspecified atom stereocenters. The van der Waals surface area contributed by atoms with Crippen LogP contribution in [0.15, 0.2) is 48.5 Å². The summed E-state index contributed by atoms with van der Waals surface area (Å²) in [7, 11) is 0. The number of phenolic OH excluding ortho intramolecular Hbond substituents is 1. The van der Waals surface area contributed by atoms with E-state index < -0.39 is 0 Å². The zero-order chi connectivity index (χ0) is 13.0. The highest BCUT2D eigenvalue weighted by Gasteiger charge is 2.04. The third-order valence-electron chi connectivity index (χ3n) is 2.40. The molecule has 0 aliphatic rings. The van der Waals surface area contributed by atoms with Gasteiger partial charge in [0.1, 0.15) is 11.6 Å². The minimum absolute atomic E-state index is 0.127. The first-order chi connectivity index (χ1) is 8.63. The van der Waals surface area contributed by atoms with Crippen molar-refractivity contribution in [2.45, 2.75) is 6.42 Å². The molecule has 0 fully saturated rings. The molecule has 0 heterocycles. The number of carbonyl (C=O) groups excluding carboxylic acids is 1. The van der Waals surface area contributed by atoms with Crippen LogP contribution in [0, 0.1) is 5.82 Å². The lowest BCUT2D eigenvalue weighted by atomic mass is 10.1. The van der Waals surface area contributed by atoms with E-state index in [9.17, 15) is 14.3 Å². The Balaban J connectivity index is 1.98. The summed E-state index contributed by atoms with van der Waals surface area (Å²) in [5, 5.41) is 11.9. The number of anilines is 1. The number of hydrogen-bond acceptors (Lipinski definition) is 2. The number of aromatic hydroxyl groups is 1. The smallest absolute Gasteiger partial charge is 0.228 e. The molecule has 18 heavy (non-hydrogen) atoms. The van der Waals surface area contributed by atoms with Crippen molar-refractivity contribution in [2.75, 3.05) is 5.32 Å². The minimum Gasteiger partial charge on any atom is -0.508 e. The zero-order valence-electron chi connectivity index (χ0n) is 9.56. The Morgan fingerprint density at radius 2 is 1.89 bits per heavy atom. The molecule has 0 saturated heterocycles. The van der Waals surface area contributed by atoms with Gasteiger partial charge in [0, 0.05) is 5.69 Å². The maximum Gasteiger partial charge on any atom is 0.228 e. The van der Waals surface area contributed by atoms with E-state index in [0.717, 1.165) is 5.56 Å². The van der Waals surface area contributed by atoms with Crippen LogP contribution in [0.5, 0.6) is 5.75 Å². The highest BCUT2D eigenvalue weighted by molar-refractivity contribution is 5.92. The average Bonchev–Trinajstić information content (AvgIpc) is 2.32. The molecule has 2 aromatic rings. The van der Waals surface area contributed by atoms with E-state index in [1.54, 1.807) is 18.2 Å². The van der Waals surface area contributed by atoms with Gasteiger partial charge in [0.25, 0.3) is 0 Å². The molecule has 2 aromatic carbocycles. The van der Waals surface area contributed by atoms with Crippen LogP contribution < -0.4 is 5.32 Å². The zero-order valence-corrected chi connectivity index (χ0v) is 9.56. The number of halogens is 1. The molecule has 0 spiro atoms. The molecule has 0 radical (unpaired) electrons. The van der Waals surface area contributed by atoms with Crippen molar-refractivity contribution >= 4 is 11.6 Å². The summed E-state index contributed by atoms with van der Waals surface area (Å²) in [5.74, 6) is -0.435. The van der Waals surface area contributed by atoms with Crippen molar-refractivity contribution in [1.82, 2.24) is 0 Å². The van der Waals surface area contributed by atoms with E-state index in [4.69, 9.17) is 0 Å². The molecule has 0 aliphatic heterocycles. The second-order valence-electron chi connectivity index (χ2n) is 3.90. The van der Waals surface area contributed by atoms with E-state index >= 15 is 0 Å². The molecule has 4 heteroatoms. The highest BCUT2D eigenvalue weighted by Crippen LogP contribution is 2.13. The number of nitrogens with one attached hydrogen (secondary N) is 1. The predicted molar refractivity (Wildman–Crippen MR) is 66.8 cm³/mol. The summed E-state index contributed by atoms with van der Waals surface area (Å²) in [6.07, 6.45) is 0.159. The molecule has 92 valence electrons. The fourth-order valence-corrected chi connectivity index (χ4v) is 1.59. The van der Waals surface area contributed by atoms with Crippen molar-refractivity contribution in [3.8, 4) is 5.75 Å². The number of carbonyl (C=O) groups is 1. The van der Waals surface area contributed by atoms with Gasteiger partial charge in [-0.3, -0.25) is 4.79 Å². The van der Waals surface area contributed by atoms with Crippen LogP contribution in [0.3, 0.4) is 0 Å². The summed E-state index contributed by atoms with van der Waals surface area (Å²) in [6.45, 7) is 0. The molecule has 2 rings (SSSR count). The molecule has 0 atom stereocenters. The first kappa shape index (κ1) is 12.1. The standard InChI is InChI=1S/C14H12FNO2/c15-11-4-6-12(7-5-11)16-14(18)9-10-2-1-3-13(17)8-10/h1-8,17H,9H2,(H,16,18). The molecule has 2 N–H and O–H groups in total. The van der Waals surface area contributed by atoms with Gasteiger partial charge in [-0.25, -0.2) is 4.39 Å². The van der Waals surface area contributed by atoms with Crippen LogP contribution in [-0.2, 0) is 11.2 Å². The predicted octanol–water partition coefficient (Wildman–Crippen LogP) is 2.71. The molecular weight excluding hydrogens is 233 g/mol. The van der Waals surface area contributed by atoms with Gasteiger partial charge in [-0.2, -0.15) is 0 Å². The third-order valence-corrected chi connectivity index (χ3v) is 2.40. The summed E-state index contributed by atoms with van der Waals surface area (Å²) >= 11 is 0. The minimum atomic E-state index is -0.346. The number of benzene rings is 2. The summed E-state index contributed by atoms with van der Waals surface area (Å²) in [6, 6.07) is 12.1. The van der Waals surface area contributed by atoms with Gasteiger partial charge in [0.15, 0.2) is 0 Å². The van der Waals surface area contributed by atoms with Crippen LogP contribution in [0.1, 0.15) is 5.56 Å². The molecule has 0 aromatic heterocycles. The average molecular weight is 245 g/mol. The Labute approximate surface area is 104 Å². The van der Waals surface area contributed by atoms with Gasteiger partial charge in [0.05, 0.1) is 6.42 Å². The Hall–Kier alpha value is -2.36. The Bertz CT molecular complexity index is 552. The largest absolute Gasteiger partial charge is 0.508 e. The van der Waals surface area contributed by atoms with Crippen molar-refractivity contribution < 1.29 is 14.3 Å². The maximum absolute atomic E-state index is 12.7. The van der Waals surface area contributed by atoms with Crippen LogP contribution in [0.25, 0.3) is 0 Å². The topological polar surface area (TPSA) is 49.3 Å². The second kappa shape index (κ2) is 5.31. The van der Waals surface area contributed by atoms with Crippen molar-refractivity contribution in [3.05, 3.63) is 59.9 Å². The lowest BCUT2D eigenvalue weighted by Gasteiger charge is -2.05. The Morgan fingerprint density at radius 3 is 2.56 bits per heavy atom. The lowest BCUT2D eigenvalue weighted by Crippen LogP contribution is -2.14. The molecular formula is C14H12FNO2. The fourth-order valence-electron chi connectivity index (χ4n) is 1.59. The Morgan fingerprint density at radius 1 is 1.17 bits per heavy atom. The second-order valence-corrected chi connectivity index (χ2v) is 3.90. The van der Waals surface area contributed by atoms with Crippen LogP contribution in [0.4, 0.5) is 10.1 Å². The quantitative estimate of drug-likeness (QED) is 0.873. The van der Waals surface area contributed by atoms with Gasteiger partial charge in [-0.15, -0.1) is 0 Å². The van der Waals surface area contributed by atoms with E-state index in [0.29, 0.717) is 5.69 Å². The number of hydrogen-bond donors (Lipinski definition) is 2. The SMILES string of the molecule is O=C(Cc1cccc(O)c1)Nc1ccc(F)cc1. The van der Waals surface area contributed by atoms with Gasteiger partial charge >= 0.3 is 0 Å². The van der Waals surface area contributed by atoms with Crippen LogP contribution in [-0.4, -0.2) is 11.0 Å². The molecule has 0 bridgehead atoms. The van der Waals surface area contributed by atoms with E-state index in [2.05, 4.69) is 5.32 Å². The van der Waals surface area contributed by atoms with Gasteiger partial charge in [-0.1, -0.05) is 12.1 Å². The summed E-state index contributed by atoms with van der Waals surface area (Å²) in [5.41, 5.74) is 1.26. The van der Waals surface area contributed by atoms with Crippen molar-refractivity contribution in [2.24, 2.45) is 0 Å².